The minimum atomic E-state index is 0.476. The molecule has 0 radical (unpaired) electrons. The van der Waals surface area contributed by atoms with Crippen LogP contribution in [-0.4, -0.2) is 42.7 Å². The molecule has 3 N–H and O–H groups in total. The van der Waals surface area contributed by atoms with Gasteiger partial charge in [-0.2, -0.15) is 0 Å². The molecule has 0 aromatic rings. The summed E-state index contributed by atoms with van der Waals surface area (Å²) in [5.74, 6) is 0.959. The van der Waals surface area contributed by atoms with Crippen LogP contribution in [0.3, 0.4) is 0 Å². The molecular formula is C13H25N3. The van der Waals surface area contributed by atoms with Gasteiger partial charge in [0.05, 0.1) is 0 Å². The smallest absolute Gasteiger partial charge is 0.0226 e. The first-order valence-electron chi connectivity index (χ1n) is 7.05. The minimum absolute atomic E-state index is 0.476. The predicted molar refractivity (Wildman–Crippen MR) is 66.3 cm³/mol. The number of nitrogens with two attached hydrogens (primary N) is 1. The van der Waals surface area contributed by atoms with Gasteiger partial charge in [-0.15, -0.1) is 0 Å². The van der Waals surface area contributed by atoms with Crippen molar-refractivity contribution in [3.05, 3.63) is 0 Å². The van der Waals surface area contributed by atoms with Crippen molar-refractivity contribution in [1.82, 2.24) is 10.2 Å². The van der Waals surface area contributed by atoms with Crippen LogP contribution in [0.5, 0.6) is 0 Å². The van der Waals surface area contributed by atoms with Gasteiger partial charge in [0.25, 0.3) is 0 Å². The molecule has 0 amide bonds. The lowest BCUT2D eigenvalue weighted by Crippen LogP contribution is -2.58. The maximum absolute atomic E-state index is 5.95. The molecular weight excluding hydrogens is 198 g/mol. The van der Waals surface area contributed by atoms with Crippen molar-refractivity contribution < 1.29 is 0 Å². The Labute approximate surface area is 98.8 Å². The van der Waals surface area contributed by atoms with Crippen LogP contribution in [-0.2, 0) is 0 Å². The molecule has 0 spiro atoms. The number of rotatable bonds is 2. The lowest BCUT2D eigenvalue weighted by atomic mass is 9.82. The van der Waals surface area contributed by atoms with Gasteiger partial charge in [0.15, 0.2) is 0 Å². The molecule has 3 saturated heterocycles. The summed E-state index contributed by atoms with van der Waals surface area (Å²) >= 11 is 0. The highest BCUT2D eigenvalue weighted by Gasteiger charge is 2.35. The summed E-state index contributed by atoms with van der Waals surface area (Å²) in [6.45, 7) is 3.99. The molecule has 1 unspecified atom stereocenters. The fourth-order valence-corrected chi connectivity index (χ4v) is 3.74. The second-order valence-corrected chi connectivity index (χ2v) is 6.02. The van der Waals surface area contributed by atoms with Crippen molar-refractivity contribution in [1.29, 1.82) is 0 Å². The van der Waals surface area contributed by atoms with Gasteiger partial charge in [-0.1, -0.05) is 0 Å². The fraction of sp³-hybridized carbons (Fsp3) is 1.00. The van der Waals surface area contributed by atoms with Crippen molar-refractivity contribution in [3.8, 4) is 0 Å². The monoisotopic (exact) mass is 223 g/mol. The molecule has 3 heterocycles. The van der Waals surface area contributed by atoms with Crippen molar-refractivity contribution in [2.75, 3.05) is 19.6 Å². The van der Waals surface area contributed by atoms with E-state index in [1.54, 1.807) is 0 Å². The normalized spacial score (nSPS) is 48.2. The number of nitrogens with zero attached hydrogens (tertiary/aromatic N) is 1. The molecule has 2 bridgehead atoms. The van der Waals surface area contributed by atoms with Crippen LogP contribution < -0.4 is 11.1 Å². The van der Waals surface area contributed by atoms with Gasteiger partial charge in [0, 0.05) is 24.7 Å². The van der Waals surface area contributed by atoms with Crippen molar-refractivity contribution in [2.45, 2.75) is 56.7 Å². The van der Waals surface area contributed by atoms with Gasteiger partial charge < -0.3 is 16.0 Å². The van der Waals surface area contributed by atoms with Crippen LogP contribution in [0.4, 0.5) is 0 Å². The molecule has 3 heteroatoms. The summed E-state index contributed by atoms with van der Waals surface area (Å²) < 4.78 is 0. The number of hydrogen-bond donors (Lipinski definition) is 2. The first-order chi connectivity index (χ1) is 7.81. The van der Waals surface area contributed by atoms with Gasteiger partial charge in [-0.25, -0.2) is 0 Å². The van der Waals surface area contributed by atoms with Crippen molar-refractivity contribution in [3.63, 3.8) is 0 Å². The first-order valence-corrected chi connectivity index (χ1v) is 7.05. The van der Waals surface area contributed by atoms with Crippen LogP contribution >= 0.6 is 0 Å². The van der Waals surface area contributed by atoms with E-state index in [4.69, 9.17) is 5.73 Å². The molecule has 1 saturated carbocycles. The van der Waals surface area contributed by atoms with E-state index in [0.29, 0.717) is 6.04 Å². The van der Waals surface area contributed by atoms with E-state index in [0.717, 1.165) is 18.0 Å². The maximum Gasteiger partial charge on any atom is 0.0226 e. The molecule has 4 fully saturated rings. The summed E-state index contributed by atoms with van der Waals surface area (Å²) in [4.78, 5) is 2.63. The first kappa shape index (κ1) is 11.0. The van der Waals surface area contributed by atoms with E-state index in [9.17, 15) is 0 Å². The van der Waals surface area contributed by atoms with Crippen LogP contribution in [0.1, 0.15) is 38.5 Å². The summed E-state index contributed by atoms with van der Waals surface area (Å²) in [6.07, 6.45) is 7.88. The molecule has 1 atom stereocenters. The Bertz CT molecular complexity index is 227. The zero-order valence-corrected chi connectivity index (χ0v) is 10.2. The Hall–Kier alpha value is -0.120. The van der Waals surface area contributed by atoms with Gasteiger partial charge in [0.2, 0.25) is 0 Å². The molecule has 3 nitrogen and oxygen atoms in total. The second-order valence-electron chi connectivity index (χ2n) is 6.02. The third-order valence-electron chi connectivity index (χ3n) is 4.88. The zero-order chi connectivity index (χ0) is 11.0. The highest BCUT2D eigenvalue weighted by atomic mass is 15.2. The van der Waals surface area contributed by atoms with Crippen LogP contribution in [0.15, 0.2) is 0 Å². The van der Waals surface area contributed by atoms with E-state index in [1.807, 2.05) is 0 Å². The summed E-state index contributed by atoms with van der Waals surface area (Å²) in [5.41, 5.74) is 5.95. The van der Waals surface area contributed by atoms with E-state index < -0.39 is 0 Å². The molecule has 4 rings (SSSR count). The average Bonchev–Trinajstić information content (AvgIpc) is 2.34. The average molecular weight is 223 g/mol. The highest BCUT2D eigenvalue weighted by Crippen LogP contribution is 2.29. The zero-order valence-electron chi connectivity index (χ0n) is 10.2. The molecule has 0 aromatic carbocycles. The van der Waals surface area contributed by atoms with E-state index >= 15 is 0 Å². The van der Waals surface area contributed by atoms with Crippen molar-refractivity contribution >= 4 is 0 Å². The van der Waals surface area contributed by atoms with E-state index in [2.05, 4.69) is 10.2 Å². The number of piperidine rings is 3. The van der Waals surface area contributed by atoms with Gasteiger partial charge in [0.1, 0.15) is 0 Å². The Morgan fingerprint density at radius 1 is 0.938 bits per heavy atom. The second kappa shape index (κ2) is 4.63. The molecule has 3 aliphatic heterocycles. The Morgan fingerprint density at radius 2 is 1.62 bits per heavy atom. The SMILES string of the molecule is NC1CCC(NC2CN3CCC2CC3)CC1. The predicted octanol–water partition coefficient (Wildman–Crippen LogP) is 0.940. The molecule has 1 aliphatic carbocycles. The lowest BCUT2D eigenvalue weighted by Gasteiger charge is -2.46. The Balaban J connectivity index is 1.51. The largest absolute Gasteiger partial charge is 0.328 e. The van der Waals surface area contributed by atoms with Gasteiger partial charge >= 0.3 is 0 Å². The number of hydrogen-bond acceptors (Lipinski definition) is 3. The molecule has 16 heavy (non-hydrogen) atoms. The molecule has 0 aromatic heterocycles. The quantitative estimate of drug-likeness (QED) is 0.732. The minimum Gasteiger partial charge on any atom is -0.328 e. The van der Waals surface area contributed by atoms with E-state index in [-0.39, 0.29) is 0 Å². The van der Waals surface area contributed by atoms with E-state index in [1.165, 1.54) is 58.2 Å². The van der Waals surface area contributed by atoms with Crippen LogP contribution in [0.2, 0.25) is 0 Å². The maximum atomic E-state index is 5.95. The standard InChI is InChI=1S/C13H25N3/c14-11-1-3-12(4-2-11)15-13-9-16-7-5-10(13)6-8-16/h10-13,15H,1-9,14H2. The number of fused-ring (bicyclic) bond motifs is 3. The molecule has 92 valence electrons. The highest BCUT2D eigenvalue weighted by molar-refractivity contribution is 4.93. The lowest BCUT2D eigenvalue weighted by molar-refractivity contribution is 0.0637. The third kappa shape index (κ3) is 2.27. The Morgan fingerprint density at radius 3 is 2.19 bits per heavy atom. The summed E-state index contributed by atoms with van der Waals surface area (Å²) in [5, 5.41) is 3.91. The van der Waals surface area contributed by atoms with Crippen LogP contribution in [0, 0.1) is 5.92 Å². The summed E-state index contributed by atoms with van der Waals surface area (Å²) in [7, 11) is 0. The summed E-state index contributed by atoms with van der Waals surface area (Å²) in [6, 6.07) is 2.01. The Kier molecular flexibility index (Phi) is 3.18. The third-order valence-corrected chi connectivity index (χ3v) is 4.88. The van der Waals surface area contributed by atoms with Crippen LogP contribution in [0.25, 0.3) is 0 Å². The topological polar surface area (TPSA) is 41.3 Å². The molecule has 4 aliphatic rings. The fourth-order valence-electron chi connectivity index (χ4n) is 3.74. The van der Waals surface area contributed by atoms with Gasteiger partial charge in [-0.3, -0.25) is 0 Å². The number of nitrogens with one attached hydrogen (secondary N) is 1. The van der Waals surface area contributed by atoms with Gasteiger partial charge in [-0.05, 0) is 57.5 Å². The van der Waals surface area contributed by atoms with Crippen molar-refractivity contribution in [2.24, 2.45) is 11.7 Å².